The van der Waals surface area contributed by atoms with Crippen LogP contribution >= 0.6 is 0 Å². The number of carbonyl (C=O) groups is 3. The average molecular weight is 751 g/mol. The number of rotatable bonds is 7. The van der Waals surface area contributed by atoms with Gasteiger partial charge in [0.25, 0.3) is 5.91 Å². The lowest BCUT2D eigenvalue weighted by Crippen LogP contribution is -2.39. The number of aromatic nitrogens is 3. The van der Waals surface area contributed by atoms with Crippen molar-refractivity contribution < 1.29 is 36.7 Å². The number of amides is 3. The van der Waals surface area contributed by atoms with Crippen LogP contribution in [0, 0.1) is 5.82 Å². The van der Waals surface area contributed by atoms with Crippen LogP contribution in [0.15, 0.2) is 54.9 Å². The van der Waals surface area contributed by atoms with E-state index in [0.29, 0.717) is 35.7 Å². The van der Waals surface area contributed by atoms with Gasteiger partial charge < -0.3 is 19.4 Å². The second-order valence-electron chi connectivity index (χ2n) is 14.7. The highest BCUT2D eigenvalue weighted by atomic mass is 19.4. The Hall–Kier alpha value is -4.85. The zero-order valence-electron chi connectivity index (χ0n) is 30.7. The molecule has 3 amide bonds. The lowest BCUT2D eigenvalue weighted by atomic mass is 9.85. The molecule has 2 N–H and O–H groups in total. The van der Waals surface area contributed by atoms with Crippen molar-refractivity contribution in [3.05, 3.63) is 88.8 Å². The van der Waals surface area contributed by atoms with E-state index < -0.39 is 23.7 Å². The van der Waals surface area contributed by atoms with E-state index in [1.54, 1.807) is 16.7 Å². The van der Waals surface area contributed by atoms with Crippen LogP contribution in [-0.4, -0.2) is 63.2 Å². The van der Waals surface area contributed by atoms with Crippen LogP contribution in [0.25, 0.3) is 5.65 Å². The van der Waals surface area contributed by atoms with Crippen LogP contribution in [0.2, 0.25) is 0 Å². The molecule has 1 saturated carbocycles. The lowest BCUT2D eigenvalue weighted by Gasteiger charge is -2.29. The van der Waals surface area contributed by atoms with Crippen LogP contribution in [0.3, 0.4) is 0 Å². The number of fused-ring (bicyclic) bond motifs is 1. The van der Waals surface area contributed by atoms with Crippen LogP contribution in [0.5, 0.6) is 5.75 Å². The van der Waals surface area contributed by atoms with Gasteiger partial charge in [0.1, 0.15) is 28.7 Å². The maximum atomic E-state index is 14.5. The Morgan fingerprint density at radius 1 is 0.944 bits per heavy atom. The number of carbonyl (C=O) groups excluding carboxylic acids is 3. The van der Waals surface area contributed by atoms with Crippen LogP contribution in [0.1, 0.15) is 122 Å². The zero-order valence-corrected chi connectivity index (χ0v) is 30.7. The van der Waals surface area contributed by atoms with Gasteiger partial charge in [-0.25, -0.2) is 14.4 Å². The van der Waals surface area contributed by atoms with Crippen molar-refractivity contribution in [1.29, 1.82) is 0 Å². The molecule has 0 bridgehead atoms. The van der Waals surface area contributed by atoms with Gasteiger partial charge in [0, 0.05) is 30.8 Å². The Morgan fingerprint density at radius 2 is 1.69 bits per heavy atom. The third kappa shape index (κ3) is 9.44. The molecule has 1 aromatic carbocycles. The summed E-state index contributed by atoms with van der Waals surface area (Å²) in [6.45, 7) is 5.64. The normalized spacial score (nSPS) is 19.0. The minimum absolute atomic E-state index is 0.186. The van der Waals surface area contributed by atoms with E-state index in [1.807, 2.05) is 32.2 Å². The maximum Gasteiger partial charge on any atom is 0.433 e. The summed E-state index contributed by atoms with van der Waals surface area (Å²) in [5, 5.41) is 4.78. The predicted octanol–water partition coefficient (Wildman–Crippen LogP) is 7.99. The number of anilines is 1. The monoisotopic (exact) mass is 750 g/mol. The number of nitrogens with one attached hydrogen (secondary N) is 2. The second-order valence-corrected chi connectivity index (χ2v) is 14.7. The molecule has 3 aliphatic rings. The van der Waals surface area contributed by atoms with Gasteiger partial charge >= 0.3 is 6.18 Å². The van der Waals surface area contributed by atoms with E-state index >= 15 is 0 Å². The highest BCUT2D eigenvalue weighted by Crippen LogP contribution is 2.35. The molecule has 0 radical (unpaired) electrons. The zero-order chi connectivity index (χ0) is 38.6. The van der Waals surface area contributed by atoms with E-state index in [0.717, 1.165) is 56.1 Å². The first-order chi connectivity index (χ1) is 25.7. The summed E-state index contributed by atoms with van der Waals surface area (Å²) in [6.07, 6.45) is 7.20. The molecule has 10 nitrogen and oxygen atoms in total. The topological polar surface area (TPSA) is 118 Å². The summed E-state index contributed by atoms with van der Waals surface area (Å²) in [5.41, 5.74) is 2.18. The molecular weight excluding hydrogens is 704 g/mol. The number of imide groups is 1. The van der Waals surface area contributed by atoms with Crippen molar-refractivity contribution >= 4 is 29.2 Å². The third-order valence-corrected chi connectivity index (χ3v) is 10.3. The Balaban J connectivity index is 0.000000197. The molecule has 5 heterocycles. The number of hydrogen-bond donors (Lipinski definition) is 2. The highest BCUT2D eigenvalue weighted by molar-refractivity contribution is 6.06. The van der Waals surface area contributed by atoms with Gasteiger partial charge in [-0.15, -0.1) is 0 Å². The molecule has 7 rings (SSSR count). The third-order valence-electron chi connectivity index (χ3n) is 10.3. The van der Waals surface area contributed by atoms with Crippen LogP contribution in [0.4, 0.5) is 23.4 Å². The highest BCUT2D eigenvalue weighted by Gasteiger charge is 2.33. The van der Waals surface area contributed by atoms with E-state index in [1.165, 1.54) is 37.5 Å². The lowest BCUT2D eigenvalue weighted by molar-refractivity contribution is -0.141. The number of benzene rings is 1. The summed E-state index contributed by atoms with van der Waals surface area (Å²) < 4.78 is 61.0. The summed E-state index contributed by atoms with van der Waals surface area (Å²) in [5.74, 6) is -1.03. The molecular formula is C40H46F4N6O4. The minimum Gasteiger partial charge on any atom is -0.490 e. The molecule has 3 fully saturated rings. The summed E-state index contributed by atoms with van der Waals surface area (Å²) in [4.78, 5) is 46.6. The Morgan fingerprint density at radius 3 is 2.35 bits per heavy atom. The Labute approximate surface area is 311 Å². The molecule has 54 heavy (non-hydrogen) atoms. The van der Waals surface area contributed by atoms with E-state index in [-0.39, 0.29) is 41.0 Å². The SMILES string of the molecule is CC(C)Oc1cc2nc(C3CCCCC3)cn2cc1C(=O)Nc1cccc(C(F)(F)F)n1.CN1CCC(c2ccc(C3CCC(=O)NC3=O)cc2F)CC1. The number of pyridine rings is 2. The maximum absolute atomic E-state index is 14.5. The molecule has 3 aromatic heterocycles. The minimum atomic E-state index is -4.60. The van der Waals surface area contributed by atoms with Crippen molar-refractivity contribution in [3.63, 3.8) is 0 Å². The molecule has 2 aliphatic heterocycles. The van der Waals surface area contributed by atoms with Crippen LogP contribution < -0.4 is 15.4 Å². The first-order valence-corrected chi connectivity index (χ1v) is 18.6. The molecule has 0 spiro atoms. The molecule has 2 saturated heterocycles. The number of likely N-dealkylation sites (tertiary alicyclic amines) is 1. The largest absolute Gasteiger partial charge is 0.490 e. The van der Waals surface area contributed by atoms with Gasteiger partial charge in [0.15, 0.2) is 0 Å². The average Bonchev–Trinajstić information content (AvgIpc) is 3.55. The number of piperidine rings is 2. The summed E-state index contributed by atoms with van der Waals surface area (Å²) >= 11 is 0. The second kappa shape index (κ2) is 16.7. The first kappa shape index (κ1) is 38.9. The van der Waals surface area contributed by atoms with Crippen molar-refractivity contribution in [3.8, 4) is 5.75 Å². The predicted molar refractivity (Wildman–Crippen MR) is 195 cm³/mol. The van der Waals surface area contributed by atoms with E-state index in [4.69, 9.17) is 9.72 Å². The Bertz CT molecular complexity index is 1980. The van der Waals surface area contributed by atoms with Crippen molar-refractivity contribution in [2.45, 2.75) is 102 Å². The summed E-state index contributed by atoms with van der Waals surface area (Å²) in [7, 11) is 2.08. The molecule has 288 valence electrons. The number of alkyl halides is 3. The molecule has 1 unspecified atom stereocenters. The molecule has 4 aromatic rings. The summed E-state index contributed by atoms with van der Waals surface area (Å²) in [6, 6.07) is 10.2. The van der Waals surface area contributed by atoms with Gasteiger partial charge in [0.05, 0.1) is 23.3 Å². The fourth-order valence-electron chi connectivity index (χ4n) is 7.42. The van der Waals surface area contributed by atoms with E-state index in [9.17, 15) is 31.9 Å². The quantitative estimate of drug-likeness (QED) is 0.145. The van der Waals surface area contributed by atoms with Gasteiger partial charge in [-0.05, 0) is 101 Å². The fourth-order valence-corrected chi connectivity index (χ4v) is 7.42. The van der Waals surface area contributed by atoms with Crippen molar-refractivity contribution in [2.24, 2.45) is 0 Å². The van der Waals surface area contributed by atoms with Gasteiger partial charge in [-0.1, -0.05) is 37.5 Å². The van der Waals surface area contributed by atoms with Crippen molar-refractivity contribution in [1.82, 2.24) is 24.6 Å². The number of hydrogen-bond acceptors (Lipinski definition) is 7. The standard InChI is InChI=1S/C23H25F3N4O2.C17H21FN2O2/c1-14(2)32-18-11-21-27-17(15-7-4-3-5-8-15)13-30(21)12-16(18)22(31)29-20-10-6-9-19(28-20)23(24,25)26;1-20-8-6-11(7-9-20)13-3-2-12(10-15(13)18)14-4-5-16(21)19-17(14)22/h6,9-15H,3-5,7-8H2,1-2H3,(H,28,29,31);2-3,10-11,14H,4-9H2,1H3,(H,19,21,22). The molecule has 1 atom stereocenters. The Kier molecular flexibility index (Phi) is 12.0. The van der Waals surface area contributed by atoms with E-state index in [2.05, 4.69) is 27.6 Å². The number of ether oxygens (including phenoxy) is 1. The number of imidazole rings is 1. The first-order valence-electron chi connectivity index (χ1n) is 18.6. The number of halogens is 4. The van der Waals surface area contributed by atoms with Gasteiger partial charge in [0.2, 0.25) is 11.8 Å². The fraction of sp³-hybridized carbons (Fsp3) is 0.475. The molecule has 14 heteroatoms. The van der Waals surface area contributed by atoms with Gasteiger partial charge in [-0.2, -0.15) is 13.2 Å². The number of nitrogens with zero attached hydrogens (tertiary/aromatic N) is 4. The van der Waals surface area contributed by atoms with Gasteiger partial charge in [-0.3, -0.25) is 19.7 Å². The smallest absolute Gasteiger partial charge is 0.433 e. The molecule has 1 aliphatic carbocycles. The van der Waals surface area contributed by atoms with Crippen LogP contribution in [-0.2, 0) is 15.8 Å². The van der Waals surface area contributed by atoms with Crippen molar-refractivity contribution in [2.75, 3.05) is 25.5 Å².